The molecule has 0 spiro atoms. The number of aryl methyl sites for hydroxylation is 10. The van der Waals surface area contributed by atoms with E-state index in [0.717, 1.165) is 35.6 Å². The first-order valence-corrected chi connectivity index (χ1v) is 37.2. The number of rotatable bonds is 29. The second-order valence-corrected chi connectivity index (χ2v) is 28.1. The number of hydrogen-bond donors (Lipinski definition) is 0. The Labute approximate surface area is 580 Å². The van der Waals surface area contributed by atoms with Crippen molar-refractivity contribution >= 4 is 51.2 Å². The molecule has 0 radical (unpaired) electrons. The lowest BCUT2D eigenvalue weighted by molar-refractivity contribution is 0.397. The van der Waals surface area contributed by atoms with Crippen LogP contribution in [-0.4, -0.2) is 0 Å². The highest BCUT2D eigenvalue weighted by atomic mass is 15.2. The maximum Gasteiger partial charge on any atom is 0.0464 e. The highest BCUT2D eigenvalue weighted by molar-refractivity contribution is 5.84. The minimum atomic E-state index is 0.234. The summed E-state index contributed by atoms with van der Waals surface area (Å²) in [5, 5.41) is 0. The fourth-order valence-corrected chi connectivity index (χ4v) is 14.4. The minimum absolute atomic E-state index is 0.234. The van der Waals surface area contributed by atoms with Crippen LogP contribution in [0.25, 0.3) is 11.1 Å². The molecule has 498 valence electrons. The van der Waals surface area contributed by atoms with Crippen molar-refractivity contribution < 1.29 is 0 Å². The van der Waals surface area contributed by atoms with Crippen molar-refractivity contribution in [3.8, 4) is 11.1 Å². The van der Waals surface area contributed by atoms with Gasteiger partial charge >= 0.3 is 0 Å². The predicted molar refractivity (Wildman–Crippen MR) is 419 cm³/mol. The van der Waals surface area contributed by atoms with Gasteiger partial charge in [-0.1, -0.05) is 266 Å². The molecule has 2 aliphatic carbocycles. The Bertz CT molecular complexity index is 3760. The van der Waals surface area contributed by atoms with Gasteiger partial charge in [0, 0.05) is 56.6 Å². The standard InChI is InChI=1S/C40H44N2.C31H46.C22H21N/c1-5-7-9-33-15-23-37(24-16-33)42(38-25-17-34(18-26-38)10-8-6-2)40-29-27-39(28-30-40)41(35-19-11-31(3)12-20-35)36-21-13-32(4)14-22-36;1-5-7-9-11-13-15-21-31(22-16-14-12-10-8-6-2)29-23-25(3)17-19-27(29)28-20-18-26(4)24-30(28)31;1-16-3-10-20(11-4-16)23(21-12-5-17(2)6-13-21)22-14-9-18-7-8-19(18)15-22/h11-30H,5-10H2,1-4H3;17-20,23-24H,5-16,21-22H2,1-4H3;3-6,9-15H,7-8H2,1-2H3. The molecule has 0 N–H and O–H groups in total. The van der Waals surface area contributed by atoms with E-state index in [-0.39, 0.29) is 5.41 Å². The molecule has 96 heavy (non-hydrogen) atoms. The molecule has 0 aromatic heterocycles. The molecule has 0 bridgehead atoms. The lowest BCUT2D eigenvalue weighted by Gasteiger charge is -2.33. The van der Waals surface area contributed by atoms with Crippen LogP contribution in [0.15, 0.2) is 224 Å². The Hall–Kier alpha value is -8.40. The number of nitrogens with zero attached hydrogens (tertiary/aromatic N) is 3. The first kappa shape index (κ1) is 70.4. The van der Waals surface area contributed by atoms with E-state index in [0.29, 0.717) is 0 Å². The highest BCUT2D eigenvalue weighted by Gasteiger charge is 2.42. The molecule has 0 unspecified atom stereocenters. The lowest BCUT2D eigenvalue weighted by Crippen LogP contribution is -2.25. The number of unbranched alkanes of at least 4 members (excludes halogenated alkanes) is 12. The summed E-state index contributed by atoms with van der Waals surface area (Å²) in [7, 11) is 0. The minimum Gasteiger partial charge on any atom is -0.311 e. The molecule has 0 heterocycles. The topological polar surface area (TPSA) is 9.72 Å². The van der Waals surface area contributed by atoms with Crippen LogP contribution in [0.3, 0.4) is 0 Å². The van der Waals surface area contributed by atoms with Gasteiger partial charge in [0.25, 0.3) is 0 Å². The van der Waals surface area contributed by atoms with E-state index in [1.165, 1.54) is 224 Å². The molecule has 0 aliphatic heterocycles. The second-order valence-electron chi connectivity index (χ2n) is 28.1. The SMILES string of the molecule is CCCCCCCCC1(CCCCCCCC)c2cc(C)ccc2-c2ccc(C)cc21.CCCCc1ccc(N(c2ccc(CCCC)cc2)c2ccc(N(c3ccc(C)cc3)c3ccc(C)cc3)cc2)cc1.Cc1ccc(N(c2ccc(C)cc2)c2ccc3c(c2)CC3)cc1. The van der Waals surface area contributed by atoms with Gasteiger partial charge in [0.2, 0.25) is 0 Å². The lowest BCUT2D eigenvalue weighted by atomic mass is 9.70. The normalized spacial score (nSPS) is 12.3. The van der Waals surface area contributed by atoms with Crippen molar-refractivity contribution in [3.63, 3.8) is 0 Å². The molecule has 12 rings (SSSR count). The molecule has 0 amide bonds. The summed E-state index contributed by atoms with van der Waals surface area (Å²) < 4.78 is 0. The van der Waals surface area contributed by atoms with E-state index in [1.807, 2.05) is 0 Å². The molecule has 0 saturated carbocycles. The van der Waals surface area contributed by atoms with Gasteiger partial charge in [0.1, 0.15) is 0 Å². The van der Waals surface area contributed by atoms with Gasteiger partial charge in [0.05, 0.1) is 0 Å². The molecule has 10 aromatic rings. The maximum absolute atomic E-state index is 2.53. The smallest absolute Gasteiger partial charge is 0.0464 e. The van der Waals surface area contributed by atoms with Gasteiger partial charge in [-0.25, -0.2) is 0 Å². The zero-order valence-electron chi connectivity index (χ0n) is 60.3. The van der Waals surface area contributed by atoms with E-state index in [9.17, 15) is 0 Å². The molecule has 0 fully saturated rings. The summed E-state index contributed by atoms with van der Waals surface area (Å²) in [5.74, 6) is 0. The number of benzene rings is 10. The molecular weight excluding hydrogens is 1160 g/mol. The molecular formula is C93H111N3. The Balaban J connectivity index is 0.000000164. The second kappa shape index (κ2) is 35.0. The first-order chi connectivity index (χ1) is 46.9. The third kappa shape index (κ3) is 18.2. The Morgan fingerprint density at radius 2 is 0.521 bits per heavy atom. The van der Waals surface area contributed by atoms with Crippen LogP contribution in [0, 0.1) is 41.5 Å². The van der Waals surface area contributed by atoms with E-state index >= 15 is 0 Å². The summed E-state index contributed by atoms with van der Waals surface area (Å²) >= 11 is 0. The molecule has 0 atom stereocenters. The van der Waals surface area contributed by atoms with Gasteiger partial charge in [0.15, 0.2) is 0 Å². The van der Waals surface area contributed by atoms with Crippen molar-refractivity contribution in [1.82, 2.24) is 0 Å². The summed E-state index contributed by atoms with van der Waals surface area (Å²) in [6.07, 6.45) is 28.8. The highest BCUT2D eigenvalue weighted by Crippen LogP contribution is 2.55. The van der Waals surface area contributed by atoms with E-state index in [4.69, 9.17) is 0 Å². The van der Waals surface area contributed by atoms with Gasteiger partial charge < -0.3 is 14.7 Å². The van der Waals surface area contributed by atoms with E-state index in [2.05, 4.69) is 308 Å². The van der Waals surface area contributed by atoms with E-state index in [1.54, 1.807) is 11.1 Å². The Kier molecular flexibility index (Phi) is 25.7. The van der Waals surface area contributed by atoms with Crippen molar-refractivity contribution in [2.75, 3.05) is 14.7 Å². The van der Waals surface area contributed by atoms with Crippen molar-refractivity contribution in [2.24, 2.45) is 0 Å². The van der Waals surface area contributed by atoms with Gasteiger partial charge in [-0.3, -0.25) is 0 Å². The van der Waals surface area contributed by atoms with Crippen LogP contribution in [0.1, 0.15) is 210 Å². The van der Waals surface area contributed by atoms with Crippen LogP contribution in [-0.2, 0) is 31.1 Å². The van der Waals surface area contributed by atoms with Crippen molar-refractivity contribution in [2.45, 2.75) is 216 Å². The van der Waals surface area contributed by atoms with Gasteiger partial charge in [-0.2, -0.15) is 0 Å². The molecule has 3 nitrogen and oxygen atoms in total. The monoisotopic (exact) mass is 1270 g/mol. The maximum atomic E-state index is 2.53. The van der Waals surface area contributed by atoms with E-state index < -0.39 is 0 Å². The number of anilines is 9. The zero-order chi connectivity index (χ0) is 67.2. The number of hydrogen-bond acceptors (Lipinski definition) is 3. The van der Waals surface area contributed by atoms with Crippen LogP contribution in [0.2, 0.25) is 0 Å². The van der Waals surface area contributed by atoms with Crippen LogP contribution in [0.4, 0.5) is 51.2 Å². The fraction of sp³-hybridized carbons (Fsp3) is 0.355. The average Bonchev–Trinajstić information content (AvgIpc) is 1.56. The summed E-state index contributed by atoms with van der Waals surface area (Å²) in [6.45, 7) is 22.2. The van der Waals surface area contributed by atoms with Crippen LogP contribution < -0.4 is 14.7 Å². The molecule has 2 aliphatic rings. The van der Waals surface area contributed by atoms with Crippen LogP contribution >= 0.6 is 0 Å². The summed E-state index contributed by atoms with van der Waals surface area (Å²) in [6, 6.07) is 83.7. The number of fused-ring (bicyclic) bond motifs is 4. The fourth-order valence-electron chi connectivity index (χ4n) is 14.4. The summed E-state index contributed by atoms with van der Waals surface area (Å²) in [5.41, 5.74) is 30.9. The average molecular weight is 1270 g/mol. The Morgan fingerprint density at radius 3 is 0.833 bits per heavy atom. The first-order valence-electron chi connectivity index (χ1n) is 37.2. The third-order valence-electron chi connectivity index (χ3n) is 20.3. The van der Waals surface area contributed by atoms with Crippen molar-refractivity contribution in [1.29, 1.82) is 0 Å². The molecule has 10 aromatic carbocycles. The molecule has 0 saturated heterocycles. The van der Waals surface area contributed by atoms with Crippen LogP contribution in [0.5, 0.6) is 0 Å². The van der Waals surface area contributed by atoms with Gasteiger partial charge in [-0.15, -0.1) is 0 Å². The quantitative estimate of drug-likeness (QED) is 0.0433. The van der Waals surface area contributed by atoms with Crippen molar-refractivity contribution in [3.05, 3.63) is 291 Å². The third-order valence-corrected chi connectivity index (χ3v) is 20.3. The summed E-state index contributed by atoms with van der Waals surface area (Å²) in [4.78, 5) is 7.05. The zero-order valence-corrected chi connectivity index (χ0v) is 60.3. The predicted octanol–water partition coefficient (Wildman–Crippen LogP) is 27.9. The molecule has 3 heteroatoms. The largest absolute Gasteiger partial charge is 0.311 e. The Morgan fingerprint density at radius 1 is 0.250 bits per heavy atom. The van der Waals surface area contributed by atoms with Gasteiger partial charge in [-0.05, 0) is 247 Å².